The van der Waals surface area contributed by atoms with Gasteiger partial charge in [-0.25, -0.2) is 0 Å². The predicted octanol–water partition coefficient (Wildman–Crippen LogP) is 2.59. The Kier molecular flexibility index (Phi) is 7.99. The lowest BCUT2D eigenvalue weighted by atomic mass is 10.0. The fourth-order valence-electron chi connectivity index (χ4n) is 2.98. The number of rotatable bonds is 8. The third-order valence-electron chi connectivity index (χ3n) is 4.59. The van der Waals surface area contributed by atoms with Crippen molar-refractivity contribution in [1.29, 1.82) is 0 Å². The number of carbonyl (C=O) groups excluding carboxylic acids is 1. The highest BCUT2D eigenvalue weighted by Crippen LogP contribution is 2.14. The molecular formula is C20H31N3O. The average molecular weight is 329 g/mol. The van der Waals surface area contributed by atoms with E-state index in [4.69, 9.17) is 0 Å². The molecule has 0 spiro atoms. The summed E-state index contributed by atoms with van der Waals surface area (Å²) in [6.45, 7) is 10.5. The van der Waals surface area contributed by atoms with Crippen molar-refractivity contribution in [1.82, 2.24) is 15.5 Å². The largest absolute Gasteiger partial charge is 0.352 e. The van der Waals surface area contributed by atoms with Crippen LogP contribution in [0.1, 0.15) is 37.3 Å². The quantitative estimate of drug-likeness (QED) is 0.569. The maximum atomic E-state index is 12.4. The van der Waals surface area contributed by atoms with Gasteiger partial charge in [-0.2, -0.15) is 0 Å². The smallest absolute Gasteiger partial charge is 0.247 e. The molecule has 2 rings (SSSR count). The molecule has 4 heteroatoms. The highest BCUT2D eigenvalue weighted by atomic mass is 16.1. The molecule has 1 aromatic rings. The van der Waals surface area contributed by atoms with Crippen molar-refractivity contribution in [3.63, 3.8) is 0 Å². The van der Waals surface area contributed by atoms with E-state index in [0.717, 1.165) is 69.7 Å². The molecular weight excluding hydrogens is 298 g/mol. The number of piperazine rings is 1. The van der Waals surface area contributed by atoms with Gasteiger partial charge < -0.3 is 15.5 Å². The van der Waals surface area contributed by atoms with Gasteiger partial charge in [0.25, 0.3) is 0 Å². The van der Waals surface area contributed by atoms with Crippen molar-refractivity contribution in [3.05, 3.63) is 41.0 Å². The van der Waals surface area contributed by atoms with Crippen LogP contribution in [-0.4, -0.2) is 50.1 Å². The summed E-state index contributed by atoms with van der Waals surface area (Å²) in [4.78, 5) is 14.9. The number of aryl methyl sites for hydroxylation is 1. The molecule has 0 saturated carbocycles. The van der Waals surface area contributed by atoms with E-state index in [1.807, 2.05) is 25.1 Å². The van der Waals surface area contributed by atoms with Crippen molar-refractivity contribution < 1.29 is 4.79 Å². The monoisotopic (exact) mass is 329 g/mol. The molecule has 0 aliphatic carbocycles. The van der Waals surface area contributed by atoms with E-state index in [1.165, 1.54) is 5.56 Å². The first-order chi connectivity index (χ1) is 11.7. The second-order valence-corrected chi connectivity index (χ2v) is 6.43. The second kappa shape index (κ2) is 10.3. The molecule has 1 heterocycles. The summed E-state index contributed by atoms with van der Waals surface area (Å²) in [5.41, 5.74) is 3.18. The Morgan fingerprint density at radius 1 is 1.25 bits per heavy atom. The molecule has 1 aliphatic rings. The van der Waals surface area contributed by atoms with E-state index in [-0.39, 0.29) is 5.91 Å². The fourth-order valence-corrected chi connectivity index (χ4v) is 2.98. The maximum Gasteiger partial charge on any atom is 0.247 e. The summed E-state index contributed by atoms with van der Waals surface area (Å²) in [7, 11) is 0. The Hall–Kier alpha value is -1.65. The zero-order valence-electron chi connectivity index (χ0n) is 15.1. The van der Waals surface area contributed by atoms with Crippen molar-refractivity contribution >= 4 is 12.0 Å². The maximum absolute atomic E-state index is 12.4. The van der Waals surface area contributed by atoms with Gasteiger partial charge in [-0.05, 0) is 49.9 Å². The molecule has 4 nitrogen and oxygen atoms in total. The van der Waals surface area contributed by atoms with Gasteiger partial charge in [0.05, 0.1) is 0 Å². The van der Waals surface area contributed by atoms with Gasteiger partial charge in [-0.1, -0.05) is 31.2 Å². The highest BCUT2D eigenvalue weighted by Gasteiger charge is 2.10. The van der Waals surface area contributed by atoms with Gasteiger partial charge in [0.2, 0.25) is 5.91 Å². The zero-order chi connectivity index (χ0) is 17.2. The molecule has 0 bridgehead atoms. The molecule has 1 amide bonds. The number of carbonyl (C=O) groups is 1. The number of benzene rings is 1. The zero-order valence-corrected chi connectivity index (χ0v) is 15.1. The lowest BCUT2D eigenvalue weighted by Crippen LogP contribution is -2.43. The van der Waals surface area contributed by atoms with Gasteiger partial charge >= 0.3 is 0 Å². The van der Waals surface area contributed by atoms with Crippen molar-refractivity contribution in [2.45, 2.75) is 33.1 Å². The lowest BCUT2D eigenvalue weighted by Gasteiger charge is -2.27. The Balaban J connectivity index is 1.73. The van der Waals surface area contributed by atoms with Crippen LogP contribution in [-0.2, 0) is 4.79 Å². The van der Waals surface area contributed by atoms with Crippen LogP contribution < -0.4 is 10.6 Å². The molecule has 132 valence electrons. The average Bonchev–Trinajstić information content (AvgIpc) is 2.61. The van der Waals surface area contributed by atoms with Crippen molar-refractivity contribution in [2.75, 3.05) is 39.3 Å². The summed E-state index contributed by atoms with van der Waals surface area (Å²) in [6.07, 6.45) is 4.95. The standard InChI is InChI=1S/C20H31N3O/c1-3-18(16-19-9-5-4-8-17(19)2)20(24)22-10-6-7-13-23-14-11-21-12-15-23/h4-5,8-9,16,21H,3,6-7,10-15H2,1-2H3,(H,22,24)/b18-16+. The Labute approximate surface area is 146 Å². The van der Waals surface area contributed by atoms with Gasteiger partial charge in [-0.3, -0.25) is 4.79 Å². The van der Waals surface area contributed by atoms with Gasteiger partial charge in [0.1, 0.15) is 0 Å². The molecule has 0 atom stereocenters. The lowest BCUT2D eigenvalue weighted by molar-refractivity contribution is -0.117. The van der Waals surface area contributed by atoms with Crippen LogP contribution in [0.2, 0.25) is 0 Å². The molecule has 1 aliphatic heterocycles. The first-order valence-corrected chi connectivity index (χ1v) is 9.18. The van der Waals surface area contributed by atoms with E-state index in [0.29, 0.717) is 0 Å². The van der Waals surface area contributed by atoms with E-state index in [2.05, 4.69) is 34.6 Å². The van der Waals surface area contributed by atoms with Crippen LogP contribution >= 0.6 is 0 Å². The molecule has 0 unspecified atom stereocenters. The number of hydrogen-bond donors (Lipinski definition) is 2. The Morgan fingerprint density at radius 3 is 2.71 bits per heavy atom. The van der Waals surface area contributed by atoms with E-state index >= 15 is 0 Å². The van der Waals surface area contributed by atoms with Crippen molar-refractivity contribution in [2.24, 2.45) is 0 Å². The number of amides is 1. The molecule has 2 N–H and O–H groups in total. The minimum Gasteiger partial charge on any atom is -0.352 e. The normalized spacial score (nSPS) is 16.2. The fraction of sp³-hybridized carbons (Fsp3) is 0.550. The number of nitrogens with zero attached hydrogens (tertiary/aromatic N) is 1. The van der Waals surface area contributed by atoms with Crippen molar-refractivity contribution in [3.8, 4) is 0 Å². The first-order valence-electron chi connectivity index (χ1n) is 9.18. The highest BCUT2D eigenvalue weighted by molar-refractivity contribution is 5.97. The second-order valence-electron chi connectivity index (χ2n) is 6.43. The number of nitrogens with one attached hydrogen (secondary N) is 2. The van der Waals surface area contributed by atoms with Crippen LogP contribution in [0.3, 0.4) is 0 Å². The minimum atomic E-state index is 0.0722. The molecule has 1 aromatic carbocycles. The molecule has 1 saturated heterocycles. The van der Waals surface area contributed by atoms with E-state index in [9.17, 15) is 4.79 Å². The van der Waals surface area contributed by atoms with E-state index in [1.54, 1.807) is 0 Å². The van der Waals surface area contributed by atoms with Crippen LogP contribution in [0, 0.1) is 6.92 Å². The summed E-state index contributed by atoms with van der Waals surface area (Å²) in [5.74, 6) is 0.0722. The van der Waals surface area contributed by atoms with Gasteiger partial charge in [-0.15, -0.1) is 0 Å². The third-order valence-corrected chi connectivity index (χ3v) is 4.59. The van der Waals surface area contributed by atoms with Crippen LogP contribution in [0.15, 0.2) is 29.8 Å². The summed E-state index contributed by atoms with van der Waals surface area (Å²) >= 11 is 0. The van der Waals surface area contributed by atoms with Gasteiger partial charge in [0, 0.05) is 38.3 Å². The molecule has 0 aromatic heterocycles. The minimum absolute atomic E-state index is 0.0722. The van der Waals surface area contributed by atoms with E-state index < -0.39 is 0 Å². The summed E-state index contributed by atoms with van der Waals surface area (Å²) < 4.78 is 0. The van der Waals surface area contributed by atoms with Crippen LogP contribution in [0.4, 0.5) is 0 Å². The predicted molar refractivity (Wildman–Crippen MR) is 101 cm³/mol. The topological polar surface area (TPSA) is 44.4 Å². The summed E-state index contributed by atoms with van der Waals surface area (Å²) in [6, 6.07) is 8.18. The Morgan fingerprint density at radius 2 is 2.00 bits per heavy atom. The molecule has 0 radical (unpaired) electrons. The number of hydrogen-bond acceptors (Lipinski definition) is 3. The van der Waals surface area contributed by atoms with Crippen LogP contribution in [0.25, 0.3) is 6.08 Å². The molecule has 24 heavy (non-hydrogen) atoms. The third kappa shape index (κ3) is 6.10. The SMILES string of the molecule is CC/C(=C\c1ccccc1C)C(=O)NCCCCN1CCNCC1. The van der Waals surface area contributed by atoms with Gasteiger partial charge in [0.15, 0.2) is 0 Å². The molecule has 1 fully saturated rings. The summed E-state index contributed by atoms with van der Waals surface area (Å²) in [5, 5.41) is 6.44. The van der Waals surface area contributed by atoms with Crippen LogP contribution in [0.5, 0.6) is 0 Å². The Bertz CT molecular complexity index is 548. The first kappa shape index (κ1) is 18.7. The number of unbranched alkanes of at least 4 members (excludes halogenated alkanes) is 1.